The molecule has 0 aromatic rings. The predicted octanol–water partition coefficient (Wildman–Crippen LogP) is 1.49. The molecule has 5 nitrogen and oxygen atoms in total. The quantitative estimate of drug-likeness (QED) is 0.781. The van der Waals surface area contributed by atoms with Crippen LogP contribution < -0.4 is 4.72 Å². The number of aliphatic hydroxyl groups excluding tert-OH is 1. The van der Waals surface area contributed by atoms with E-state index in [1.54, 1.807) is 7.05 Å². The van der Waals surface area contributed by atoms with Crippen molar-refractivity contribution in [3.05, 3.63) is 0 Å². The lowest BCUT2D eigenvalue weighted by atomic mass is 9.96. The Balaban J connectivity index is 1.86. The molecule has 6 heteroatoms. The zero-order chi connectivity index (χ0) is 14.6. The van der Waals surface area contributed by atoms with Crippen LogP contribution in [-0.4, -0.2) is 44.1 Å². The summed E-state index contributed by atoms with van der Waals surface area (Å²) in [7, 11) is -1.69. The Hall–Kier alpha value is -0.170. The lowest BCUT2D eigenvalue weighted by molar-refractivity contribution is 0.194. The monoisotopic (exact) mass is 304 g/mol. The number of rotatable bonds is 6. The Morgan fingerprint density at radius 3 is 2.35 bits per heavy atom. The van der Waals surface area contributed by atoms with E-state index in [2.05, 4.69) is 4.72 Å². The van der Waals surface area contributed by atoms with Gasteiger partial charge in [-0.2, -0.15) is 12.7 Å². The van der Waals surface area contributed by atoms with Gasteiger partial charge in [0.1, 0.15) is 0 Å². The van der Waals surface area contributed by atoms with Gasteiger partial charge < -0.3 is 5.11 Å². The van der Waals surface area contributed by atoms with Gasteiger partial charge in [-0.15, -0.1) is 0 Å². The molecule has 0 radical (unpaired) electrons. The van der Waals surface area contributed by atoms with Crippen molar-refractivity contribution in [3.8, 4) is 0 Å². The van der Waals surface area contributed by atoms with Crippen LogP contribution in [0.2, 0.25) is 0 Å². The maximum Gasteiger partial charge on any atom is 0.279 e. The molecule has 0 aromatic heterocycles. The maximum absolute atomic E-state index is 12.3. The van der Waals surface area contributed by atoms with Crippen LogP contribution in [-0.2, 0) is 10.2 Å². The molecular weight excluding hydrogens is 276 g/mol. The molecule has 20 heavy (non-hydrogen) atoms. The maximum atomic E-state index is 12.3. The molecule has 0 aliphatic heterocycles. The van der Waals surface area contributed by atoms with Crippen molar-refractivity contribution in [1.82, 2.24) is 9.03 Å². The molecule has 2 saturated carbocycles. The minimum Gasteiger partial charge on any atom is -0.396 e. The van der Waals surface area contributed by atoms with E-state index in [0.717, 1.165) is 44.9 Å². The summed E-state index contributed by atoms with van der Waals surface area (Å²) in [6.07, 6.45) is 8.54. The molecule has 0 spiro atoms. The second-order valence-corrected chi connectivity index (χ2v) is 8.11. The van der Waals surface area contributed by atoms with Gasteiger partial charge in [-0.1, -0.05) is 25.7 Å². The van der Waals surface area contributed by atoms with Gasteiger partial charge in [0.25, 0.3) is 10.2 Å². The lowest BCUT2D eigenvalue weighted by Crippen LogP contribution is -2.46. The largest absolute Gasteiger partial charge is 0.396 e. The first-order valence-corrected chi connectivity index (χ1v) is 9.32. The van der Waals surface area contributed by atoms with Crippen LogP contribution in [0.3, 0.4) is 0 Å². The molecule has 118 valence electrons. The first-order chi connectivity index (χ1) is 9.54. The number of aliphatic hydroxyl groups is 1. The number of hydrogen-bond acceptors (Lipinski definition) is 3. The predicted molar refractivity (Wildman–Crippen MR) is 79.5 cm³/mol. The standard InChI is InChI=1S/C14H28N2O3S/c1-16(14-8-3-2-4-9-14)20(18,19)15-10-12-6-5-7-13(12)11-17/h12-15,17H,2-11H2,1H3. The van der Waals surface area contributed by atoms with Gasteiger partial charge in [-0.25, -0.2) is 4.72 Å². The highest BCUT2D eigenvalue weighted by Gasteiger charge is 2.31. The second kappa shape index (κ2) is 7.20. The summed E-state index contributed by atoms with van der Waals surface area (Å²) >= 11 is 0. The summed E-state index contributed by atoms with van der Waals surface area (Å²) in [5.74, 6) is 0.548. The average molecular weight is 304 g/mol. The fourth-order valence-corrected chi connectivity index (χ4v) is 4.81. The molecule has 2 aliphatic carbocycles. The molecule has 2 aliphatic rings. The topological polar surface area (TPSA) is 69.6 Å². The molecule has 2 N–H and O–H groups in total. The SMILES string of the molecule is CN(C1CCCCC1)S(=O)(=O)NCC1CCCC1CO. The molecule has 0 aromatic carbocycles. The van der Waals surface area contributed by atoms with Crippen molar-refractivity contribution in [2.24, 2.45) is 11.8 Å². The Labute approximate surface area is 122 Å². The van der Waals surface area contributed by atoms with Crippen molar-refractivity contribution < 1.29 is 13.5 Å². The molecule has 0 heterocycles. The van der Waals surface area contributed by atoms with Crippen LogP contribution in [0.1, 0.15) is 51.4 Å². The van der Waals surface area contributed by atoms with Crippen LogP contribution in [0, 0.1) is 11.8 Å². The van der Waals surface area contributed by atoms with E-state index in [1.807, 2.05) is 0 Å². The summed E-state index contributed by atoms with van der Waals surface area (Å²) < 4.78 is 28.9. The summed E-state index contributed by atoms with van der Waals surface area (Å²) in [6.45, 7) is 0.634. The first kappa shape index (κ1) is 16.2. The van der Waals surface area contributed by atoms with E-state index in [-0.39, 0.29) is 24.5 Å². The Kier molecular flexibility index (Phi) is 5.84. The molecular formula is C14H28N2O3S. The summed E-state index contributed by atoms with van der Waals surface area (Å²) in [6, 6.07) is 0.151. The van der Waals surface area contributed by atoms with E-state index >= 15 is 0 Å². The van der Waals surface area contributed by atoms with Gasteiger partial charge in [-0.05, 0) is 37.5 Å². The fourth-order valence-electron chi connectivity index (χ4n) is 3.58. The highest BCUT2D eigenvalue weighted by Crippen LogP contribution is 2.31. The summed E-state index contributed by atoms with van der Waals surface area (Å²) in [5.41, 5.74) is 0. The van der Waals surface area contributed by atoms with Crippen LogP contribution in [0.5, 0.6) is 0 Å². The zero-order valence-electron chi connectivity index (χ0n) is 12.4. The Bertz CT molecular complexity index is 393. The van der Waals surface area contributed by atoms with Crippen molar-refractivity contribution in [3.63, 3.8) is 0 Å². The lowest BCUT2D eigenvalue weighted by Gasteiger charge is -2.31. The third-order valence-electron chi connectivity index (χ3n) is 5.05. The van der Waals surface area contributed by atoms with E-state index in [0.29, 0.717) is 6.54 Å². The highest BCUT2D eigenvalue weighted by molar-refractivity contribution is 7.87. The van der Waals surface area contributed by atoms with Crippen molar-refractivity contribution in [2.45, 2.75) is 57.4 Å². The van der Waals surface area contributed by atoms with E-state index in [9.17, 15) is 13.5 Å². The summed E-state index contributed by atoms with van der Waals surface area (Å²) in [5, 5.41) is 9.29. The Morgan fingerprint density at radius 2 is 1.70 bits per heavy atom. The van der Waals surface area contributed by atoms with E-state index < -0.39 is 10.2 Å². The van der Waals surface area contributed by atoms with Gasteiger partial charge >= 0.3 is 0 Å². The normalized spacial score (nSPS) is 29.1. The van der Waals surface area contributed by atoms with Gasteiger partial charge in [0.15, 0.2) is 0 Å². The summed E-state index contributed by atoms with van der Waals surface area (Å²) in [4.78, 5) is 0. The average Bonchev–Trinajstić information content (AvgIpc) is 2.93. The minimum absolute atomic E-state index is 0.151. The van der Waals surface area contributed by atoms with Crippen molar-refractivity contribution >= 4 is 10.2 Å². The van der Waals surface area contributed by atoms with Crippen molar-refractivity contribution in [2.75, 3.05) is 20.2 Å². The van der Waals surface area contributed by atoms with Crippen LogP contribution in [0.25, 0.3) is 0 Å². The molecule has 2 fully saturated rings. The zero-order valence-corrected chi connectivity index (χ0v) is 13.2. The van der Waals surface area contributed by atoms with E-state index in [4.69, 9.17) is 0 Å². The molecule has 0 bridgehead atoms. The number of nitrogens with one attached hydrogen (secondary N) is 1. The smallest absolute Gasteiger partial charge is 0.279 e. The van der Waals surface area contributed by atoms with Crippen molar-refractivity contribution in [1.29, 1.82) is 0 Å². The van der Waals surface area contributed by atoms with Gasteiger partial charge in [0, 0.05) is 26.2 Å². The number of nitrogens with zero attached hydrogens (tertiary/aromatic N) is 1. The third-order valence-corrected chi connectivity index (χ3v) is 6.63. The van der Waals surface area contributed by atoms with Crippen LogP contribution in [0.4, 0.5) is 0 Å². The fraction of sp³-hybridized carbons (Fsp3) is 1.00. The first-order valence-electron chi connectivity index (χ1n) is 7.88. The minimum atomic E-state index is -3.38. The van der Waals surface area contributed by atoms with E-state index in [1.165, 1.54) is 10.7 Å². The molecule has 2 atom stereocenters. The molecule has 0 saturated heterocycles. The second-order valence-electron chi connectivity index (χ2n) is 6.30. The molecule has 0 amide bonds. The Morgan fingerprint density at radius 1 is 1.05 bits per heavy atom. The molecule has 2 rings (SSSR count). The highest BCUT2D eigenvalue weighted by atomic mass is 32.2. The van der Waals surface area contributed by atoms with Gasteiger partial charge in [-0.3, -0.25) is 0 Å². The third kappa shape index (κ3) is 3.93. The van der Waals surface area contributed by atoms with Crippen LogP contribution in [0.15, 0.2) is 0 Å². The van der Waals surface area contributed by atoms with Gasteiger partial charge in [0.2, 0.25) is 0 Å². The number of hydrogen-bond donors (Lipinski definition) is 2. The van der Waals surface area contributed by atoms with Crippen LogP contribution >= 0.6 is 0 Å². The van der Waals surface area contributed by atoms with Gasteiger partial charge in [0.05, 0.1) is 0 Å². The molecule has 2 unspecified atom stereocenters.